The molecule has 31 heavy (non-hydrogen) atoms. The third-order valence-corrected chi connectivity index (χ3v) is 6.94. The molecule has 0 aliphatic carbocycles. The Kier molecular flexibility index (Phi) is 10.5. The molecule has 2 N–H and O–H groups in total. The molecule has 0 spiro atoms. The van der Waals surface area contributed by atoms with Gasteiger partial charge in [0, 0.05) is 13.2 Å². The van der Waals surface area contributed by atoms with E-state index in [4.69, 9.17) is 4.74 Å². The number of hydrogen-bond acceptors (Lipinski definition) is 5. The Morgan fingerprint density at radius 2 is 1.77 bits per heavy atom. The van der Waals surface area contributed by atoms with Crippen molar-refractivity contribution in [2.75, 3.05) is 25.2 Å². The monoisotopic (exact) mass is 464 g/mol. The molecule has 0 saturated carbocycles. The molecule has 170 valence electrons. The van der Waals surface area contributed by atoms with Crippen LogP contribution in [0.4, 0.5) is 0 Å². The zero-order valence-electron chi connectivity index (χ0n) is 18.3. The highest BCUT2D eigenvalue weighted by atomic mass is 32.2. The first-order valence-electron chi connectivity index (χ1n) is 10.4. The van der Waals surface area contributed by atoms with E-state index in [0.29, 0.717) is 31.7 Å². The molecule has 0 aliphatic heterocycles. The van der Waals surface area contributed by atoms with Crippen molar-refractivity contribution in [1.82, 2.24) is 10.0 Å². The van der Waals surface area contributed by atoms with Crippen molar-refractivity contribution in [3.05, 3.63) is 65.7 Å². The fraction of sp³-hybridized carbons (Fsp3) is 0.435. The summed E-state index contributed by atoms with van der Waals surface area (Å²) in [7, 11) is -3.77. The van der Waals surface area contributed by atoms with Gasteiger partial charge in [0.15, 0.2) is 0 Å². The van der Waals surface area contributed by atoms with E-state index in [-0.39, 0.29) is 16.9 Å². The fourth-order valence-electron chi connectivity index (χ4n) is 2.94. The second kappa shape index (κ2) is 12.9. The molecule has 1 amide bonds. The van der Waals surface area contributed by atoms with E-state index in [2.05, 4.69) is 10.0 Å². The van der Waals surface area contributed by atoms with Crippen molar-refractivity contribution in [3.63, 3.8) is 0 Å². The lowest BCUT2D eigenvalue weighted by Crippen LogP contribution is -2.47. The van der Waals surface area contributed by atoms with Crippen molar-refractivity contribution < 1.29 is 17.9 Å². The van der Waals surface area contributed by atoms with Gasteiger partial charge in [-0.15, -0.1) is 0 Å². The minimum absolute atomic E-state index is 0.0208. The maximum atomic E-state index is 12.7. The van der Waals surface area contributed by atoms with Crippen molar-refractivity contribution in [2.24, 2.45) is 0 Å². The summed E-state index contributed by atoms with van der Waals surface area (Å²) < 4.78 is 33.8. The number of thioether (sulfide) groups is 1. The summed E-state index contributed by atoms with van der Waals surface area (Å²) in [5.41, 5.74) is 2.08. The molecule has 0 radical (unpaired) electrons. The molecule has 0 fully saturated rings. The molecule has 2 aromatic carbocycles. The summed E-state index contributed by atoms with van der Waals surface area (Å²) in [4.78, 5) is 12.8. The molecular weight excluding hydrogens is 432 g/mol. The van der Waals surface area contributed by atoms with E-state index in [1.165, 1.54) is 0 Å². The number of rotatable bonds is 13. The number of ether oxygens (including phenoxy) is 1. The predicted octanol–water partition coefficient (Wildman–Crippen LogP) is 3.68. The zero-order chi connectivity index (χ0) is 22.7. The van der Waals surface area contributed by atoms with Crippen LogP contribution in [0.3, 0.4) is 0 Å². The number of amides is 1. The molecule has 0 heterocycles. The summed E-state index contributed by atoms with van der Waals surface area (Å²) in [6, 6.07) is 15.7. The van der Waals surface area contributed by atoms with Crippen LogP contribution in [0.25, 0.3) is 0 Å². The average molecular weight is 465 g/mol. The largest absolute Gasteiger partial charge is 0.374 e. The number of carbonyl (C=O) groups is 1. The minimum atomic E-state index is -3.77. The highest BCUT2D eigenvalue weighted by Crippen LogP contribution is 2.16. The van der Waals surface area contributed by atoms with Crippen LogP contribution < -0.4 is 10.0 Å². The van der Waals surface area contributed by atoms with Gasteiger partial charge in [-0.3, -0.25) is 4.79 Å². The first kappa shape index (κ1) is 25.4. The van der Waals surface area contributed by atoms with Crippen molar-refractivity contribution in [1.29, 1.82) is 0 Å². The minimum Gasteiger partial charge on any atom is -0.374 e. The highest BCUT2D eigenvalue weighted by molar-refractivity contribution is 7.98. The quantitative estimate of drug-likeness (QED) is 0.442. The van der Waals surface area contributed by atoms with E-state index >= 15 is 0 Å². The van der Waals surface area contributed by atoms with Crippen LogP contribution in [0.2, 0.25) is 0 Å². The number of benzene rings is 2. The molecular formula is C23H32N2O4S2. The second-order valence-electron chi connectivity index (χ2n) is 7.34. The smallest absolute Gasteiger partial charge is 0.241 e. The summed E-state index contributed by atoms with van der Waals surface area (Å²) in [5.74, 6) is 0.354. The molecule has 0 aliphatic rings. The lowest BCUT2D eigenvalue weighted by Gasteiger charge is -2.19. The number of sulfonamides is 1. The Morgan fingerprint density at radius 3 is 2.42 bits per heavy atom. The Balaban J connectivity index is 1.84. The Hall–Kier alpha value is -1.87. The van der Waals surface area contributed by atoms with E-state index in [0.717, 1.165) is 11.1 Å². The normalized spacial score (nSPS) is 13.5. The standard InChI is InChI=1S/C23H32N2O4S2/c1-18-10-12-21(13-11-18)31(27,28)25-22(14-17-30-3)23(26)24-15-7-16-29-19(2)20-8-5-4-6-9-20/h4-6,8-13,19,22,25H,7,14-17H2,1-3H3,(H,24,26). The summed E-state index contributed by atoms with van der Waals surface area (Å²) >= 11 is 1.57. The molecule has 2 aromatic rings. The van der Waals surface area contributed by atoms with Gasteiger partial charge in [-0.25, -0.2) is 8.42 Å². The first-order valence-corrected chi connectivity index (χ1v) is 13.2. The summed E-state index contributed by atoms with van der Waals surface area (Å²) in [6.07, 6.45) is 2.96. The SMILES string of the molecule is CSCCC(NS(=O)(=O)c1ccc(C)cc1)C(=O)NCCCOC(C)c1ccccc1. The Labute approximate surface area is 190 Å². The van der Waals surface area contributed by atoms with Gasteiger partial charge < -0.3 is 10.1 Å². The van der Waals surface area contributed by atoms with Gasteiger partial charge in [-0.1, -0.05) is 48.0 Å². The van der Waals surface area contributed by atoms with Crippen LogP contribution in [-0.2, 0) is 19.6 Å². The third kappa shape index (κ3) is 8.65. The van der Waals surface area contributed by atoms with Gasteiger partial charge in [-0.05, 0) is 56.4 Å². The van der Waals surface area contributed by atoms with Gasteiger partial charge in [-0.2, -0.15) is 16.5 Å². The molecule has 2 atom stereocenters. The van der Waals surface area contributed by atoms with Crippen LogP contribution in [0.15, 0.2) is 59.5 Å². The molecule has 0 aromatic heterocycles. The van der Waals surface area contributed by atoms with Crippen molar-refractivity contribution in [3.8, 4) is 0 Å². The van der Waals surface area contributed by atoms with Gasteiger partial charge in [0.2, 0.25) is 15.9 Å². The lowest BCUT2D eigenvalue weighted by atomic mass is 10.1. The van der Waals surface area contributed by atoms with E-state index in [1.807, 2.05) is 50.4 Å². The van der Waals surface area contributed by atoms with E-state index < -0.39 is 16.1 Å². The van der Waals surface area contributed by atoms with Gasteiger partial charge in [0.25, 0.3) is 0 Å². The lowest BCUT2D eigenvalue weighted by molar-refractivity contribution is -0.122. The molecule has 0 saturated heterocycles. The number of carbonyl (C=O) groups excluding carboxylic acids is 1. The van der Waals surface area contributed by atoms with Crippen LogP contribution in [0.1, 0.15) is 37.0 Å². The van der Waals surface area contributed by atoms with Gasteiger partial charge >= 0.3 is 0 Å². The van der Waals surface area contributed by atoms with Crippen LogP contribution in [0.5, 0.6) is 0 Å². The Bertz CT molecular complexity index is 903. The first-order chi connectivity index (χ1) is 14.8. The fourth-order valence-corrected chi connectivity index (χ4v) is 4.64. The van der Waals surface area contributed by atoms with Crippen LogP contribution in [0, 0.1) is 6.92 Å². The van der Waals surface area contributed by atoms with E-state index in [1.54, 1.807) is 36.0 Å². The predicted molar refractivity (Wildman–Crippen MR) is 127 cm³/mol. The number of nitrogens with one attached hydrogen (secondary N) is 2. The zero-order valence-corrected chi connectivity index (χ0v) is 20.0. The summed E-state index contributed by atoms with van der Waals surface area (Å²) in [6.45, 7) is 4.80. The van der Waals surface area contributed by atoms with Crippen molar-refractivity contribution in [2.45, 2.75) is 43.7 Å². The molecule has 2 rings (SSSR count). The Morgan fingerprint density at radius 1 is 1.10 bits per heavy atom. The third-order valence-electron chi connectivity index (χ3n) is 4.81. The van der Waals surface area contributed by atoms with Gasteiger partial charge in [0.05, 0.1) is 11.0 Å². The molecule has 2 unspecified atom stereocenters. The van der Waals surface area contributed by atoms with Crippen molar-refractivity contribution >= 4 is 27.7 Å². The molecule has 6 nitrogen and oxygen atoms in total. The highest BCUT2D eigenvalue weighted by Gasteiger charge is 2.25. The molecule has 8 heteroatoms. The summed E-state index contributed by atoms with van der Waals surface area (Å²) in [5, 5.41) is 2.83. The number of aryl methyl sites for hydroxylation is 1. The van der Waals surface area contributed by atoms with Crippen LogP contribution in [-0.4, -0.2) is 45.5 Å². The van der Waals surface area contributed by atoms with Gasteiger partial charge in [0.1, 0.15) is 6.04 Å². The maximum Gasteiger partial charge on any atom is 0.241 e. The average Bonchev–Trinajstić information content (AvgIpc) is 2.77. The molecule has 0 bridgehead atoms. The number of hydrogen-bond donors (Lipinski definition) is 2. The maximum absolute atomic E-state index is 12.7. The van der Waals surface area contributed by atoms with Crippen LogP contribution >= 0.6 is 11.8 Å². The second-order valence-corrected chi connectivity index (χ2v) is 10.0. The van der Waals surface area contributed by atoms with E-state index in [9.17, 15) is 13.2 Å². The topological polar surface area (TPSA) is 84.5 Å².